The zero-order valence-corrected chi connectivity index (χ0v) is 14.2. The Morgan fingerprint density at radius 3 is 2.17 bits per heavy atom. The van der Waals surface area contributed by atoms with E-state index in [2.05, 4.69) is 5.32 Å². The minimum absolute atomic E-state index is 0.0336. The molecule has 0 spiro atoms. The molecule has 0 fully saturated rings. The van der Waals surface area contributed by atoms with Gasteiger partial charge < -0.3 is 14.4 Å². The van der Waals surface area contributed by atoms with Crippen LogP contribution in [-0.2, 0) is 20.0 Å². The fraction of sp³-hybridized carbons (Fsp3) is 0.600. The Bertz CT molecular complexity index is 486. The van der Waals surface area contributed by atoms with Crippen LogP contribution in [0.2, 0.25) is 0 Å². The minimum atomic E-state index is -4.53. The number of alkyl halides is 3. The highest BCUT2D eigenvalue weighted by Gasteiger charge is 2.44. The predicted molar refractivity (Wildman–Crippen MR) is 83.7 cm³/mol. The molecule has 0 aliphatic heterocycles. The first kappa shape index (κ1) is 20.2. The summed E-state index contributed by atoms with van der Waals surface area (Å²) < 4.78 is 61.7. The van der Waals surface area contributed by atoms with Crippen LogP contribution in [0.4, 0.5) is 13.2 Å². The maximum absolute atomic E-state index is 13.2. The van der Waals surface area contributed by atoms with Gasteiger partial charge in [-0.15, -0.1) is 0 Å². The monoisotopic (exact) mass is 353 g/mol. The molecule has 0 bridgehead atoms. The third-order valence-corrected chi connectivity index (χ3v) is 5.22. The molecule has 0 saturated heterocycles. The normalized spacial score (nSPS) is 14.0. The van der Waals surface area contributed by atoms with E-state index in [1.54, 1.807) is 13.8 Å². The van der Waals surface area contributed by atoms with Crippen LogP contribution in [0.5, 0.6) is 0 Å². The lowest BCUT2D eigenvalue weighted by Gasteiger charge is -2.26. The van der Waals surface area contributed by atoms with E-state index in [9.17, 15) is 17.7 Å². The molecule has 1 rings (SSSR count). The van der Waals surface area contributed by atoms with Crippen LogP contribution >= 0.6 is 7.60 Å². The summed E-state index contributed by atoms with van der Waals surface area (Å²) in [6.45, 7) is 3.32. The summed E-state index contributed by atoms with van der Waals surface area (Å²) in [4.78, 5) is 0. The maximum Gasteiger partial charge on any atom is 0.404 e. The summed E-state index contributed by atoms with van der Waals surface area (Å²) in [6, 6.07) is 7.25. The molecular formula is C15H23F3NO3P. The molecule has 0 aromatic heterocycles. The van der Waals surface area contributed by atoms with Gasteiger partial charge in [-0.2, -0.15) is 13.2 Å². The van der Waals surface area contributed by atoms with E-state index in [1.807, 2.05) is 30.3 Å². The molecule has 0 saturated carbocycles. The third-order valence-electron chi connectivity index (χ3n) is 3.10. The van der Waals surface area contributed by atoms with Crippen molar-refractivity contribution >= 4 is 7.60 Å². The fourth-order valence-corrected chi connectivity index (χ4v) is 3.93. The van der Waals surface area contributed by atoms with E-state index in [-0.39, 0.29) is 19.8 Å². The van der Waals surface area contributed by atoms with Crippen molar-refractivity contribution in [2.45, 2.75) is 32.5 Å². The zero-order chi connectivity index (χ0) is 17.3. The highest BCUT2D eigenvalue weighted by atomic mass is 31.2. The van der Waals surface area contributed by atoms with Crippen LogP contribution in [0.3, 0.4) is 0 Å². The number of hydrogen-bond acceptors (Lipinski definition) is 4. The fourth-order valence-electron chi connectivity index (χ4n) is 2.08. The van der Waals surface area contributed by atoms with Gasteiger partial charge in [0.05, 0.1) is 19.4 Å². The van der Waals surface area contributed by atoms with E-state index in [0.717, 1.165) is 5.56 Å². The molecule has 1 atom stereocenters. The topological polar surface area (TPSA) is 47.6 Å². The van der Waals surface area contributed by atoms with Crippen LogP contribution in [0, 0.1) is 0 Å². The van der Waals surface area contributed by atoms with Crippen LogP contribution in [0.1, 0.15) is 19.4 Å². The summed E-state index contributed by atoms with van der Waals surface area (Å²) in [5.74, 6) is 0. The van der Waals surface area contributed by atoms with Crippen molar-refractivity contribution in [3.05, 3.63) is 35.9 Å². The van der Waals surface area contributed by atoms with Gasteiger partial charge in [0.2, 0.25) is 0 Å². The maximum atomic E-state index is 13.2. The molecule has 0 amide bonds. The van der Waals surface area contributed by atoms with E-state index < -0.39 is 26.0 Å². The first-order chi connectivity index (χ1) is 10.8. The minimum Gasteiger partial charge on any atom is -0.309 e. The Morgan fingerprint density at radius 2 is 1.70 bits per heavy atom. The molecule has 1 aromatic carbocycles. The second-order valence-corrected chi connectivity index (χ2v) is 7.02. The second kappa shape index (κ2) is 9.42. The quantitative estimate of drug-likeness (QED) is 0.646. The Hall–Kier alpha value is -0.880. The highest BCUT2D eigenvalue weighted by Crippen LogP contribution is 2.50. The van der Waals surface area contributed by atoms with Crippen molar-refractivity contribution in [3.63, 3.8) is 0 Å². The van der Waals surface area contributed by atoms with Gasteiger partial charge in [0, 0.05) is 0 Å². The molecule has 0 aliphatic carbocycles. The lowest BCUT2D eigenvalue weighted by Crippen LogP contribution is -2.46. The number of halogens is 3. The summed E-state index contributed by atoms with van der Waals surface area (Å²) in [5, 5.41) is 2.42. The Labute approximate surface area is 134 Å². The van der Waals surface area contributed by atoms with Crippen molar-refractivity contribution < 1.29 is 26.8 Å². The van der Waals surface area contributed by atoms with Gasteiger partial charge in [-0.25, -0.2) is 0 Å². The average molecular weight is 353 g/mol. The molecule has 0 aliphatic rings. The van der Waals surface area contributed by atoms with Crippen molar-refractivity contribution in [1.82, 2.24) is 5.32 Å². The summed E-state index contributed by atoms with van der Waals surface area (Å²) in [7, 11) is -3.77. The highest BCUT2D eigenvalue weighted by molar-refractivity contribution is 7.53. The summed E-state index contributed by atoms with van der Waals surface area (Å²) >= 11 is 0. The van der Waals surface area contributed by atoms with E-state index in [1.165, 1.54) is 0 Å². The van der Waals surface area contributed by atoms with Gasteiger partial charge in [0.1, 0.15) is 6.04 Å². The number of hydrogen-bond donors (Lipinski definition) is 1. The van der Waals surface area contributed by atoms with E-state index >= 15 is 0 Å². The van der Waals surface area contributed by atoms with Crippen molar-refractivity contribution in [2.24, 2.45) is 0 Å². The molecule has 132 valence electrons. The standard InChI is InChI=1S/C15H23F3NO3P/c1-3-21-23(20,22-4-2)12-14(15(16,17)18)19-11-10-13-8-6-5-7-9-13/h5-9,14,19H,3-4,10-12H2,1-2H3. The van der Waals surface area contributed by atoms with Crippen LogP contribution in [0.25, 0.3) is 0 Å². The van der Waals surface area contributed by atoms with Crippen molar-refractivity contribution in [1.29, 1.82) is 0 Å². The molecule has 1 aromatic rings. The average Bonchev–Trinajstić information content (AvgIpc) is 2.47. The first-order valence-electron chi connectivity index (χ1n) is 7.53. The largest absolute Gasteiger partial charge is 0.404 e. The molecule has 8 heteroatoms. The van der Waals surface area contributed by atoms with Crippen LogP contribution in [0.15, 0.2) is 30.3 Å². The first-order valence-corrected chi connectivity index (χ1v) is 9.25. The van der Waals surface area contributed by atoms with E-state index in [4.69, 9.17) is 9.05 Å². The second-order valence-electron chi connectivity index (χ2n) is 4.91. The molecule has 0 radical (unpaired) electrons. The lowest BCUT2D eigenvalue weighted by molar-refractivity contribution is -0.151. The Morgan fingerprint density at radius 1 is 1.13 bits per heavy atom. The van der Waals surface area contributed by atoms with Crippen molar-refractivity contribution in [3.8, 4) is 0 Å². The lowest BCUT2D eigenvalue weighted by atomic mass is 10.1. The molecule has 0 heterocycles. The van der Waals surface area contributed by atoms with Crippen molar-refractivity contribution in [2.75, 3.05) is 25.9 Å². The molecule has 1 unspecified atom stereocenters. The van der Waals surface area contributed by atoms with Gasteiger partial charge in [-0.05, 0) is 32.4 Å². The third kappa shape index (κ3) is 7.48. The van der Waals surface area contributed by atoms with Gasteiger partial charge in [0.15, 0.2) is 0 Å². The van der Waals surface area contributed by atoms with Gasteiger partial charge in [0.25, 0.3) is 0 Å². The number of nitrogens with one attached hydrogen (secondary N) is 1. The molecule has 1 N–H and O–H groups in total. The van der Waals surface area contributed by atoms with Crippen LogP contribution in [-0.4, -0.2) is 38.1 Å². The Kier molecular flexibility index (Phi) is 8.26. The smallest absolute Gasteiger partial charge is 0.309 e. The SMILES string of the molecule is CCOP(=O)(CC(NCCc1ccccc1)C(F)(F)F)OCC. The van der Waals surface area contributed by atoms with E-state index in [0.29, 0.717) is 6.42 Å². The van der Waals surface area contributed by atoms with Gasteiger partial charge >= 0.3 is 13.8 Å². The van der Waals surface area contributed by atoms with Gasteiger partial charge in [-0.1, -0.05) is 30.3 Å². The number of rotatable bonds is 10. The predicted octanol–water partition coefficient (Wildman–Crippen LogP) is 4.02. The zero-order valence-electron chi connectivity index (χ0n) is 13.3. The van der Waals surface area contributed by atoms with Gasteiger partial charge in [-0.3, -0.25) is 4.57 Å². The summed E-state index contributed by atoms with van der Waals surface area (Å²) in [5.41, 5.74) is 0.929. The Balaban J connectivity index is 2.67. The molecular weight excluding hydrogens is 330 g/mol. The molecule has 4 nitrogen and oxygen atoms in total. The molecule has 23 heavy (non-hydrogen) atoms. The number of benzene rings is 1. The summed E-state index contributed by atoms with van der Waals surface area (Å²) in [6.07, 6.45) is -4.81. The van der Waals surface area contributed by atoms with Crippen LogP contribution < -0.4 is 5.32 Å².